The predicted octanol–water partition coefficient (Wildman–Crippen LogP) is 4.70. The highest BCUT2D eigenvalue weighted by molar-refractivity contribution is 5.85. The first kappa shape index (κ1) is 17.3. The Morgan fingerprint density at radius 1 is 1.30 bits per heavy atom. The Hall–Kier alpha value is -2.05. The summed E-state index contributed by atoms with van der Waals surface area (Å²) in [5, 5.41) is 0.253. The molecule has 0 bridgehead atoms. The molecule has 0 radical (unpaired) electrons. The smallest absolute Gasteiger partial charge is 0.389 e. The second-order valence-electron chi connectivity index (χ2n) is 5.33. The maximum absolute atomic E-state index is 13.7. The average molecular weight is 332 g/mol. The molecule has 2 rings (SSSR count). The molecule has 1 aromatic carbocycles. The number of hydrogen-bond donors (Lipinski definition) is 0. The molecule has 0 aliphatic carbocycles. The molecule has 0 unspecified atom stereocenters. The maximum atomic E-state index is 13.7. The van der Waals surface area contributed by atoms with Crippen LogP contribution in [0.4, 0.5) is 17.6 Å². The molecule has 3 nitrogen and oxygen atoms in total. The van der Waals surface area contributed by atoms with Crippen LogP contribution in [-0.4, -0.2) is 12.8 Å². The Kier molecular flexibility index (Phi) is 4.68. The molecular weight excluding hydrogens is 316 g/mol. The molecule has 0 spiro atoms. The summed E-state index contributed by atoms with van der Waals surface area (Å²) in [6.45, 7) is 4.46. The van der Waals surface area contributed by atoms with Gasteiger partial charge in [-0.05, 0) is 31.9 Å². The van der Waals surface area contributed by atoms with Crippen LogP contribution >= 0.6 is 0 Å². The van der Waals surface area contributed by atoms with Crippen molar-refractivity contribution in [2.75, 3.05) is 6.61 Å². The van der Waals surface area contributed by atoms with Crippen LogP contribution in [0, 0.1) is 12.7 Å². The van der Waals surface area contributed by atoms with Gasteiger partial charge in [0.05, 0.1) is 13.0 Å². The summed E-state index contributed by atoms with van der Waals surface area (Å²) in [7, 11) is 0. The molecule has 0 fully saturated rings. The number of ether oxygens (including phenoxy) is 1. The van der Waals surface area contributed by atoms with E-state index in [-0.39, 0.29) is 34.5 Å². The molecule has 0 saturated heterocycles. The minimum absolute atomic E-state index is 0.0533. The van der Waals surface area contributed by atoms with Crippen molar-refractivity contribution < 1.29 is 26.7 Å². The number of aryl methyl sites for hydroxylation is 1. The van der Waals surface area contributed by atoms with Crippen molar-refractivity contribution in [1.82, 2.24) is 0 Å². The van der Waals surface area contributed by atoms with E-state index in [9.17, 15) is 22.4 Å². The Morgan fingerprint density at radius 2 is 1.96 bits per heavy atom. The molecule has 2 aromatic rings. The van der Waals surface area contributed by atoms with Gasteiger partial charge in [-0.3, -0.25) is 0 Å². The van der Waals surface area contributed by atoms with E-state index >= 15 is 0 Å². The third-order valence-corrected chi connectivity index (χ3v) is 3.57. The molecule has 23 heavy (non-hydrogen) atoms. The largest absolute Gasteiger partial charge is 0.487 e. The van der Waals surface area contributed by atoms with Crippen LogP contribution in [0.3, 0.4) is 0 Å². The van der Waals surface area contributed by atoms with Crippen LogP contribution in [-0.2, 0) is 0 Å². The summed E-state index contributed by atoms with van der Waals surface area (Å²) in [6, 6.07) is 2.45. The molecule has 0 aliphatic rings. The van der Waals surface area contributed by atoms with Crippen LogP contribution in [0.1, 0.15) is 37.3 Å². The van der Waals surface area contributed by atoms with Crippen LogP contribution < -0.4 is 10.4 Å². The predicted molar refractivity (Wildman–Crippen MR) is 77.4 cm³/mol. The number of benzene rings is 1. The number of rotatable bonds is 4. The van der Waals surface area contributed by atoms with Crippen LogP contribution in [0.5, 0.6) is 5.75 Å². The first-order valence-corrected chi connectivity index (χ1v) is 7.11. The zero-order chi connectivity index (χ0) is 17.4. The van der Waals surface area contributed by atoms with E-state index in [0.29, 0.717) is 0 Å². The van der Waals surface area contributed by atoms with Gasteiger partial charge in [0, 0.05) is 16.5 Å². The summed E-state index contributed by atoms with van der Waals surface area (Å²) in [6.07, 6.45) is -5.53. The number of alkyl halides is 3. The van der Waals surface area contributed by atoms with Crippen LogP contribution in [0.15, 0.2) is 21.3 Å². The fourth-order valence-corrected chi connectivity index (χ4v) is 2.60. The summed E-state index contributed by atoms with van der Waals surface area (Å²) in [5.74, 6) is -1.88. The standard InChI is InChI=1S/C16H16F4O3/c1-4-22-14-12(8(2)7-16(18,19)20)10-5-6-11(17)9(3)13(10)23-15(14)21/h5-6,8H,4,7H2,1-3H3/t8-/m1/s1. The highest BCUT2D eigenvalue weighted by atomic mass is 19.4. The minimum Gasteiger partial charge on any atom is -0.487 e. The molecule has 0 saturated carbocycles. The highest BCUT2D eigenvalue weighted by Gasteiger charge is 2.33. The van der Waals surface area contributed by atoms with Crippen molar-refractivity contribution in [3.63, 3.8) is 0 Å². The van der Waals surface area contributed by atoms with Gasteiger partial charge in [0.1, 0.15) is 11.4 Å². The monoisotopic (exact) mass is 332 g/mol. The van der Waals surface area contributed by atoms with Crippen molar-refractivity contribution in [3.8, 4) is 5.75 Å². The van der Waals surface area contributed by atoms with Gasteiger partial charge in [0.15, 0.2) is 0 Å². The lowest BCUT2D eigenvalue weighted by atomic mass is 9.93. The van der Waals surface area contributed by atoms with Gasteiger partial charge in [0.25, 0.3) is 0 Å². The van der Waals surface area contributed by atoms with Crippen LogP contribution in [0.2, 0.25) is 0 Å². The molecule has 0 N–H and O–H groups in total. The molecule has 1 heterocycles. The number of hydrogen-bond acceptors (Lipinski definition) is 3. The lowest BCUT2D eigenvalue weighted by Crippen LogP contribution is -2.17. The Morgan fingerprint density at radius 3 is 2.52 bits per heavy atom. The molecule has 126 valence electrons. The second-order valence-corrected chi connectivity index (χ2v) is 5.33. The summed E-state index contributed by atoms with van der Waals surface area (Å²) >= 11 is 0. The summed E-state index contributed by atoms with van der Waals surface area (Å²) in [5.41, 5.74) is -0.791. The first-order valence-electron chi connectivity index (χ1n) is 7.11. The van der Waals surface area contributed by atoms with Crippen molar-refractivity contribution >= 4 is 11.0 Å². The SMILES string of the molecule is CCOc1c([C@H](C)CC(F)(F)F)c2ccc(F)c(C)c2oc1=O. The van der Waals surface area contributed by atoms with E-state index in [1.165, 1.54) is 19.9 Å². The number of fused-ring (bicyclic) bond motifs is 1. The van der Waals surface area contributed by atoms with E-state index in [1.54, 1.807) is 6.92 Å². The topological polar surface area (TPSA) is 39.4 Å². The molecule has 1 aromatic heterocycles. The summed E-state index contributed by atoms with van der Waals surface area (Å²) < 4.78 is 62.2. The van der Waals surface area contributed by atoms with Gasteiger partial charge in [-0.2, -0.15) is 13.2 Å². The summed E-state index contributed by atoms with van der Waals surface area (Å²) in [4.78, 5) is 12.1. The fourth-order valence-electron chi connectivity index (χ4n) is 2.60. The Balaban J connectivity index is 2.79. The minimum atomic E-state index is -4.40. The normalized spacial score (nSPS) is 13.3. The van der Waals surface area contributed by atoms with E-state index in [2.05, 4.69) is 0 Å². The van der Waals surface area contributed by atoms with Gasteiger partial charge in [-0.15, -0.1) is 0 Å². The van der Waals surface area contributed by atoms with Gasteiger partial charge < -0.3 is 9.15 Å². The van der Waals surface area contributed by atoms with Crippen molar-refractivity contribution in [2.45, 2.75) is 39.3 Å². The number of halogens is 4. The van der Waals surface area contributed by atoms with E-state index < -0.39 is 30.0 Å². The van der Waals surface area contributed by atoms with Gasteiger partial charge in [0.2, 0.25) is 5.75 Å². The zero-order valence-corrected chi connectivity index (χ0v) is 12.9. The second kappa shape index (κ2) is 6.22. The fraction of sp³-hybridized carbons (Fsp3) is 0.438. The van der Waals surface area contributed by atoms with Crippen LogP contribution in [0.25, 0.3) is 11.0 Å². The van der Waals surface area contributed by atoms with Crippen molar-refractivity contribution in [1.29, 1.82) is 0 Å². The highest BCUT2D eigenvalue weighted by Crippen LogP contribution is 2.38. The average Bonchev–Trinajstić information content (AvgIpc) is 2.43. The third-order valence-electron chi connectivity index (χ3n) is 3.57. The third kappa shape index (κ3) is 3.48. The van der Waals surface area contributed by atoms with Gasteiger partial charge in [-0.25, -0.2) is 9.18 Å². The quantitative estimate of drug-likeness (QED) is 0.602. The van der Waals surface area contributed by atoms with Gasteiger partial charge in [-0.1, -0.05) is 6.92 Å². The zero-order valence-electron chi connectivity index (χ0n) is 12.9. The lowest BCUT2D eigenvalue weighted by Gasteiger charge is -2.19. The molecule has 0 amide bonds. The molecular formula is C16H16F4O3. The molecule has 7 heteroatoms. The van der Waals surface area contributed by atoms with E-state index in [0.717, 1.165) is 6.07 Å². The van der Waals surface area contributed by atoms with Gasteiger partial charge >= 0.3 is 11.8 Å². The van der Waals surface area contributed by atoms with Crippen molar-refractivity contribution in [2.24, 2.45) is 0 Å². The van der Waals surface area contributed by atoms with E-state index in [1.807, 2.05) is 0 Å². The molecule has 1 atom stereocenters. The maximum Gasteiger partial charge on any atom is 0.389 e. The lowest BCUT2D eigenvalue weighted by molar-refractivity contribution is -0.137. The Bertz CT molecular complexity index is 777. The van der Waals surface area contributed by atoms with Crippen molar-refractivity contribution in [3.05, 3.63) is 39.5 Å². The first-order chi connectivity index (χ1) is 10.7. The van der Waals surface area contributed by atoms with E-state index in [4.69, 9.17) is 9.15 Å². The molecule has 0 aliphatic heterocycles. The Labute approximate surface area is 129 Å².